The van der Waals surface area contributed by atoms with Crippen molar-refractivity contribution >= 4 is 40.7 Å². The molecule has 1 unspecified atom stereocenters. The molecule has 32 heavy (non-hydrogen) atoms. The van der Waals surface area contributed by atoms with Crippen molar-refractivity contribution in [2.45, 2.75) is 24.8 Å². The predicted octanol–water partition coefficient (Wildman–Crippen LogP) is 4.93. The summed E-state index contributed by atoms with van der Waals surface area (Å²) in [5, 5.41) is 10.3. The van der Waals surface area contributed by atoms with E-state index < -0.39 is 17.0 Å². The molecule has 0 spiro atoms. The Morgan fingerprint density at radius 2 is 2.00 bits per heavy atom. The van der Waals surface area contributed by atoms with Crippen LogP contribution in [0.1, 0.15) is 23.6 Å². The number of methoxy groups -OCH3 is 1. The highest BCUT2D eigenvalue weighted by Crippen LogP contribution is 2.34. The summed E-state index contributed by atoms with van der Waals surface area (Å²) in [5.41, 5.74) is 0.126. The van der Waals surface area contributed by atoms with E-state index in [0.717, 1.165) is 23.9 Å². The number of alkyl halides is 3. The van der Waals surface area contributed by atoms with Gasteiger partial charge in [0.1, 0.15) is 0 Å². The van der Waals surface area contributed by atoms with Crippen LogP contribution >= 0.6 is 23.4 Å². The molecule has 1 saturated heterocycles. The van der Waals surface area contributed by atoms with Gasteiger partial charge in [-0.25, -0.2) is 0 Å². The number of amides is 1. The van der Waals surface area contributed by atoms with Crippen molar-refractivity contribution in [2.24, 2.45) is 10.2 Å². The molecule has 170 valence electrons. The summed E-state index contributed by atoms with van der Waals surface area (Å²) >= 11 is 7.11. The Morgan fingerprint density at radius 3 is 2.69 bits per heavy atom. The molecule has 3 rings (SSSR count). The summed E-state index contributed by atoms with van der Waals surface area (Å²) < 4.78 is 49.6. The van der Waals surface area contributed by atoms with Gasteiger partial charge in [0.25, 0.3) is 0 Å². The summed E-state index contributed by atoms with van der Waals surface area (Å²) in [5.74, 6) is 0.776. The Bertz CT molecular complexity index is 1060. The maximum atomic E-state index is 13.0. The second-order valence-electron chi connectivity index (χ2n) is 6.60. The zero-order valence-corrected chi connectivity index (χ0v) is 18.6. The number of hydrogen-bond acceptors (Lipinski definition) is 6. The third kappa shape index (κ3) is 5.95. The first-order chi connectivity index (χ1) is 15.2. The second-order valence-corrected chi connectivity index (χ2v) is 8.20. The van der Waals surface area contributed by atoms with E-state index in [2.05, 4.69) is 15.5 Å². The van der Waals surface area contributed by atoms with Crippen molar-refractivity contribution in [1.82, 2.24) is 5.32 Å². The van der Waals surface area contributed by atoms with Crippen LogP contribution in [0, 0.1) is 0 Å². The van der Waals surface area contributed by atoms with Gasteiger partial charge in [-0.3, -0.25) is 4.79 Å². The molecule has 1 heterocycles. The van der Waals surface area contributed by atoms with Crippen LogP contribution in [0.4, 0.5) is 13.2 Å². The molecule has 0 radical (unpaired) electrons. The molecule has 0 saturated carbocycles. The van der Waals surface area contributed by atoms with Crippen LogP contribution in [-0.4, -0.2) is 36.3 Å². The van der Waals surface area contributed by atoms with Gasteiger partial charge in [-0.1, -0.05) is 23.4 Å². The number of thioether (sulfide) groups is 1. The van der Waals surface area contributed by atoms with E-state index in [9.17, 15) is 18.0 Å². The third-order valence-electron chi connectivity index (χ3n) is 4.40. The lowest BCUT2D eigenvalue weighted by Gasteiger charge is -2.12. The van der Waals surface area contributed by atoms with Crippen LogP contribution in [0.3, 0.4) is 0 Å². The van der Waals surface area contributed by atoms with Gasteiger partial charge < -0.3 is 14.8 Å². The summed E-state index contributed by atoms with van der Waals surface area (Å²) in [7, 11) is 1.53. The average molecular weight is 486 g/mol. The number of rotatable bonds is 7. The molecule has 2 aromatic rings. The number of nitrogens with one attached hydrogen (secondary N) is 1. The molecule has 2 aromatic carbocycles. The largest absolute Gasteiger partial charge is 0.493 e. The van der Waals surface area contributed by atoms with E-state index in [1.165, 1.54) is 19.4 Å². The minimum Gasteiger partial charge on any atom is -0.493 e. The molecule has 1 atom stereocenters. The summed E-state index contributed by atoms with van der Waals surface area (Å²) in [6.07, 6.45) is -2.98. The molecule has 1 fully saturated rings. The van der Waals surface area contributed by atoms with Crippen LogP contribution in [0.25, 0.3) is 0 Å². The Hall–Kier alpha value is -2.72. The van der Waals surface area contributed by atoms with Crippen molar-refractivity contribution < 1.29 is 27.4 Å². The van der Waals surface area contributed by atoms with Gasteiger partial charge in [-0.2, -0.15) is 18.3 Å². The Labute approximate surface area is 191 Å². The smallest absolute Gasteiger partial charge is 0.416 e. The summed E-state index contributed by atoms with van der Waals surface area (Å²) in [6.45, 7) is 2.37. The molecule has 1 aliphatic heterocycles. The number of ether oxygens (including phenoxy) is 2. The summed E-state index contributed by atoms with van der Waals surface area (Å²) in [6, 6.07) is 8.30. The van der Waals surface area contributed by atoms with Crippen molar-refractivity contribution in [1.29, 1.82) is 0 Å². The number of benzene rings is 2. The standard InChI is InChI=1S/C21H19ClF3N3O3S/c1-3-31-16-7-4-12(8-17(16)30-2)11-26-28-20-27-19(29)18(32-20)10-13-9-14(21(23,24)25)5-6-15(13)22/h4-9,11,18H,3,10H2,1-2H3,(H,27,28,29)/b26-11+. The van der Waals surface area contributed by atoms with Crippen LogP contribution < -0.4 is 14.8 Å². The molecular weight excluding hydrogens is 467 g/mol. The van der Waals surface area contributed by atoms with Crippen LogP contribution in [0.5, 0.6) is 11.5 Å². The topological polar surface area (TPSA) is 72.3 Å². The van der Waals surface area contributed by atoms with Crippen molar-refractivity contribution in [3.8, 4) is 11.5 Å². The van der Waals surface area contributed by atoms with Gasteiger partial charge in [0.05, 0.1) is 30.7 Å². The van der Waals surface area contributed by atoms with E-state index in [1.807, 2.05) is 6.92 Å². The number of hydrogen-bond donors (Lipinski definition) is 1. The predicted molar refractivity (Wildman–Crippen MR) is 119 cm³/mol. The molecule has 0 bridgehead atoms. The normalized spacial score (nSPS) is 17.8. The first kappa shape index (κ1) is 23.9. The van der Waals surface area contributed by atoms with Gasteiger partial charge in [0.2, 0.25) is 5.91 Å². The van der Waals surface area contributed by atoms with Crippen LogP contribution in [0.15, 0.2) is 46.6 Å². The fourth-order valence-electron chi connectivity index (χ4n) is 2.88. The van der Waals surface area contributed by atoms with Gasteiger partial charge >= 0.3 is 6.18 Å². The van der Waals surface area contributed by atoms with Gasteiger partial charge in [0.15, 0.2) is 16.7 Å². The molecule has 0 aliphatic carbocycles. The van der Waals surface area contributed by atoms with E-state index in [0.29, 0.717) is 23.7 Å². The SMILES string of the molecule is CCOc1ccc(/C=N/N=C2\NC(=O)C(Cc3cc(C(F)(F)F)ccc3Cl)S2)cc1OC. The number of carbonyl (C=O) groups is 1. The minimum absolute atomic E-state index is 0.0259. The van der Waals surface area contributed by atoms with Crippen LogP contribution in [0.2, 0.25) is 5.02 Å². The molecule has 1 N–H and O–H groups in total. The molecule has 6 nitrogen and oxygen atoms in total. The maximum Gasteiger partial charge on any atom is 0.416 e. The highest BCUT2D eigenvalue weighted by molar-refractivity contribution is 8.15. The Balaban J connectivity index is 1.68. The quantitative estimate of drug-likeness (QED) is 0.446. The second kappa shape index (κ2) is 10.3. The minimum atomic E-state index is -4.49. The van der Waals surface area contributed by atoms with Gasteiger partial charge in [-0.05, 0) is 60.9 Å². The fourth-order valence-corrected chi connectivity index (χ4v) is 4.03. The zero-order valence-electron chi connectivity index (χ0n) is 17.1. The first-order valence-electron chi connectivity index (χ1n) is 9.46. The number of halogens is 4. The number of nitrogens with zero attached hydrogens (tertiary/aromatic N) is 2. The Kier molecular flexibility index (Phi) is 7.68. The van der Waals surface area contributed by atoms with Crippen molar-refractivity contribution in [2.75, 3.05) is 13.7 Å². The van der Waals surface area contributed by atoms with Crippen LogP contribution in [-0.2, 0) is 17.4 Å². The third-order valence-corrected chi connectivity index (χ3v) is 5.84. The molecule has 1 aliphatic rings. The highest BCUT2D eigenvalue weighted by Gasteiger charge is 2.34. The lowest BCUT2D eigenvalue weighted by atomic mass is 10.1. The fraction of sp³-hybridized carbons (Fsp3) is 0.286. The lowest BCUT2D eigenvalue weighted by Crippen LogP contribution is -2.26. The maximum absolute atomic E-state index is 13.0. The monoisotopic (exact) mass is 485 g/mol. The molecule has 1 amide bonds. The summed E-state index contributed by atoms with van der Waals surface area (Å²) in [4.78, 5) is 12.2. The van der Waals surface area contributed by atoms with E-state index in [4.69, 9.17) is 21.1 Å². The molecular formula is C21H19ClF3N3O3S. The van der Waals surface area contributed by atoms with Crippen molar-refractivity contribution in [3.63, 3.8) is 0 Å². The number of amidine groups is 1. The zero-order chi connectivity index (χ0) is 23.3. The van der Waals surface area contributed by atoms with Crippen molar-refractivity contribution in [3.05, 3.63) is 58.1 Å². The van der Waals surface area contributed by atoms with E-state index in [1.54, 1.807) is 18.2 Å². The van der Waals surface area contributed by atoms with E-state index >= 15 is 0 Å². The first-order valence-corrected chi connectivity index (χ1v) is 10.7. The highest BCUT2D eigenvalue weighted by atomic mass is 35.5. The average Bonchev–Trinajstić information content (AvgIpc) is 3.09. The van der Waals surface area contributed by atoms with Gasteiger partial charge in [0, 0.05) is 5.02 Å². The van der Waals surface area contributed by atoms with E-state index in [-0.39, 0.29) is 28.1 Å². The van der Waals surface area contributed by atoms with Gasteiger partial charge in [-0.15, -0.1) is 5.10 Å². The number of carbonyl (C=O) groups excluding carboxylic acids is 1. The molecule has 0 aromatic heterocycles. The molecule has 11 heteroatoms. The lowest BCUT2D eigenvalue weighted by molar-refractivity contribution is -0.137. The Morgan fingerprint density at radius 1 is 1.22 bits per heavy atom.